The third kappa shape index (κ3) is 5.63. The molecule has 1 heterocycles. The van der Waals surface area contributed by atoms with E-state index in [0.717, 1.165) is 35.8 Å². The van der Waals surface area contributed by atoms with E-state index in [0.29, 0.717) is 13.0 Å². The second-order valence-corrected chi connectivity index (χ2v) is 6.31. The molecule has 0 aliphatic heterocycles. The van der Waals surface area contributed by atoms with Gasteiger partial charge in [-0.3, -0.25) is 4.79 Å². The Bertz CT molecular complexity index is 627. The predicted octanol–water partition coefficient (Wildman–Crippen LogP) is 3.03. The highest BCUT2D eigenvalue weighted by molar-refractivity contribution is 7.09. The fourth-order valence-corrected chi connectivity index (χ4v) is 2.93. The first-order valence-electron chi connectivity index (χ1n) is 7.75. The Balaban J connectivity index is 1.66. The van der Waals surface area contributed by atoms with Crippen LogP contribution in [-0.4, -0.2) is 31.0 Å². The van der Waals surface area contributed by atoms with Gasteiger partial charge in [0.1, 0.15) is 5.82 Å². The Morgan fingerprint density at radius 1 is 1.35 bits per heavy atom. The number of hydrogen-bond acceptors (Lipinski definition) is 4. The average Bonchev–Trinajstić information content (AvgIpc) is 2.99. The second-order valence-electron chi connectivity index (χ2n) is 5.36. The number of nitrogens with one attached hydrogen (secondary N) is 1. The molecule has 0 fully saturated rings. The summed E-state index contributed by atoms with van der Waals surface area (Å²) in [7, 11) is 1.95. The van der Waals surface area contributed by atoms with Crippen LogP contribution in [0.15, 0.2) is 29.6 Å². The van der Waals surface area contributed by atoms with Crippen molar-refractivity contribution in [2.45, 2.75) is 26.2 Å². The molecule has 0 spiro atoms. The zero-order valence-corrected chi connectivity index (χ0v) is 14.3. The smallest absolute Gasteiger partial charge is 0.226 e. The lowest BCUT2D eigenvalue weighted by Crippen LogP contribution is -2.29. The number of thiazole rings is 1. The van der Waals surface area contributed by atoms with Crippen molar-refractivity contribution in [1.29, 1.82) is 0 Å². The van der Waals surface area contributed by atoms with Crippen LogP contribution in [0, 0.1) is 5.82 Å². The van der Waals surface area contributed by atoms with Crippen LogP contribution >= 0.6 is 11.3 Å². The molecular weight excluding hydrogens is 313 g/mol. The first-order valence-corrected chi connectivity index (χ1v) is 8.63. The van der Waals surface area contributed by atoms with Crippen molar-refractivity contribution in [3.05, 3.63) is 46.2 Å². The number of nitrogens with zero attached hydrogens (tertiary/aromatic N) is 2. The van der Waals surface area contributed by atoms with Gasteiger partial charge in [-0.25, -0.2) is 9.37 Å². The van der Waals surface area contributed by atoms with Crippen molar-refractivity contribution in [1.82, 2.24) is 10.3 Å². The summed E-state index contributed by atoms with van der Waals surface area (Å²) in [4.78, 5) is 18.3. The summed E-state index contributed by atoms with van der Waals surface area (Å²) in [5, 5.41) is 5.92. The van der Waals surface area contributed by atoms with Crippen LogP contribution in [0.2, 0.25) is 0 Å². The molecule has 0 radical (unpaired) electrons. The quantitative estimate of drug-likeness (QED) is 0.754. The fraction of sp³-hybridized carbons (Fsp3) is 0.412. The Kier molecular flexibility index (Phi) is 6.52. The monoisotopic (exact) mass is 335 g/mol. The van der Waals surface area contributed by atoms with Crippen LogP contribution in [0.4, 0.5) is 10.1 Å². The topological polar surface area (TPSA) is 45.2 Å². The normalized spacial score (nSPS) is 10.6. The van der Waals surface area contributed by atoms with Crippen LogP contribution in [0.5, 0.6) is 0 Å². The van der Waals surface area contributed by atoms with Gasteiger partial charge >= 0.3 is 0 Å². The molecule has 124 valence electrons. The van der Waals surface area contributed by atoms with Crippen molar-refractivity contribution >= 4 is 22.9 Å². The molecule has 1 amide bonds. The number of rotatable bonds is 8. The molecule has 0 aliphatic rings. The predicted molar refractivity (Wildman–Crippen MR) is 92.5 cm³/mol. The average molecular weight is 335 g/mol. The first-order chi connectivity index (χ1) is 11.1. The number of carbonyl (C=O) groups is 1. The SMILES string of the molecule is CCc1nc(CC(=O)NCCCN(C)c2ccc(F)cc2)cs1. The minimum atomic E-state index is -0.234. The maximum absolute atomic E-state index is 12.9. The molecule has 0 atom stereocenters. The van der Waals surface area contributed by atoms with Crippen molar-refractivity contribution in [3.8, 4) is 0 Å². The van der Waals surface area contributed by atoms with E-state index in [4.69, 9.17) is 0 Å². The lowest BCUT2D eigenvalue weighted by molar-refractivity contribution is -0.120. The molecule has 1 aromatic carbocycles. The highest BCUT2D eigenvalue weighted by Crippen LogP contribution is 2.13. The number of amides is 1. The van der Waals surface area contributed by atoms with Crippen LogP contribution in [0.25, 0.3) is 0 Å². The number of aromatic nitrogens is 1. The lowest BCUT2D eigenvalue weighted by Gasteiger charge is -2.19. The van der Waals surface area contributed by atoms with Crippen molar-refractivity contribution in [2.24, 2.45) is 0 Å². The maximum atomic E-state index is 12.9. The number of anilines is 1. The minimum absolute atomic E-state index is 0.00221. The molecule has 23 heavy (non-hydrogen) atoms. The van der Waals surface area contributed by atoms with E-state index in [1.165, 1.54) is 12.1 Å². The van der Waals surface area contributed by atoms with E-state index in [9.17, 15) is 9.18 Å². The molecule has 1 N–H and O–H groups in total. The zero-order chi connectivity index (χ0) is 16.7. The molecule has 0 saturated carbocycles. The number of carbonyl (C=O) groups excluding carboxylic acids is 1. The van der Waals surface area contributed by atoms with Crippen LogP contribution in [-0.2, 0) is 17.6 Å². The van der Waals surface area contributed by atoms with Crippen LogP contribution in [0.1, 0.15) is 24.0 Å². The van der Waals surface area contributed by atoms with Gasteiger partial charge in [0, 0.05) is 31.2 Å². The largest absolute Gasteiger partial charge is 0.375 e. The number of halogens is 1. The Morgan fingerprint density at radius 3 is 2.74 bits per heavy atom. The second kappa shape index (κ2) is 8.62. The van der Waals surface area contributed by atoms with Gasteiger partial charge in [0.05, 0.1) is 17.1 Å². The van der Waals surface area contributed by atoms with Gasteiger partial charge in [-0.15, -0.1) is 11.3 Å². The van der Waals surface area contributed by atoms with E-state index in [-0.39, 0.29) is 11.7 Å². The fourth-order valence-electron chi connectivity index (χ4n) is 2.19. The summed E-state index contributed by atoms with van der Waals surface area (Å²) >= 11 is 1.60. The number of hydrogen-bond donors (Lipinski definition) is 1. The summed E-state index contributed by atoms with van der Waals surface area (Å²) in [6.07, 6.45) is 2.07. The molecule has 6 heteroatoms. The third-order valence-corrected chi connectivity index (χ3v) is 4.55. The Hall–Kier alpha value is -1.95. The molecule has 0 aliphatic carbocycles. The molecule has 1 aromatic heterocycles. The van der Waals surface area contributed by atoms with Gasteiger partial charge in [-0.1, -0.05) is 6.92 Å². The van der Waals surface area contributed by atoms with Crippen LogP contribution in [0.3, 0.4) is 0 Å². The summed E-state index contributed by atoms with van der Waals surface area (Å²) in [5.74, 6) is -0.231. The van der Waals surface area contributed by atoms with Gasteiger partial charge in [-0.2, -0.15) is 0 Å². The Labute approximate surface area is 140 Å². The van der Waals surface area contributed by atoms with Crippen molar-refractivity contribution in [3.63, 3.8) is 0 Å². The van der Waals surface area contributed by atoms with E-state index in [2.05, 4.69) is 17.2 Å². The van der Waals surface area contributed by atoms with E-state index >= 15 is 0 Å². The molecule has 2 aromatic rings. The molecule has 4 nitrogen and oxygen atoms in total. The Morgan fingerprint density at radius 2 is 2.09 bits per heavy atom. The van der Waals surface area contributed by atoms with E-state index < -0.39 is 0 Å². The highest BCUT2D eigenvalue weighted by atomic mass is 32.1. The van der Waals surface area contributed by atoms with Crippen LogP contribution < -0.4 is 10.2 Å². The van der Waals surface area contributed by atoms with E-state index in [1.807, 2.05) is 17.3 Å². The molecule has 0 unspecified atom stereocenters. The molecular formula is C17H22FN3OS. The number of benzene rings is 1. The number of aryl methyl sites for hydroxylation is 1. The summed E-state index contributed by atoms with van der Waals surface area (Å²) < 4.78 is 12.9. The highest BCUT2D eigenvalue weighted by Gasteiger charge is 2.07. The van der Waals surface area contributed by atoms with Crippen molar-refractivity contribution in [2.75, 3.05) is 25.0 Å². The van der Waals surface area contributed by atoms with Gasteiger partial charge < -0.3 is 10.2 Å². The minimum Gasteiger partial charge on any atom is -0.375 e. The van der Waals surface area contributed by atoms with Gasteiger partial charge in [0.15, 0.2) is 0 Å². The van der Waals surface area contributed by atoms with Gasteiger partial charge in [0.2, 0.25) is 5.91 Å². The van der Waals surface area contributed by atoms with Gasteiger partial charge in [-0.05, 0) is 37.1 Å². The third-order valence-electron chi connectivity index (χ3n) is 3.50. The maximum Gasteiger partial charge on any atom is 0.226 e. The van der Waals surface area contributed by atoms with E-state index in [1.54, 1.807) is 23.5 Å². The molecule has 2 rings (SSSR count). The van der Waals surface area contributed by atoms with Gasteiger partial charge in [0.25, 0.3) is 0 Å². The first kappa shape index (κ1) is 17.4. The standard InChI is InChI=1S/C17H22FN3OS/c1-3-17-20-14(12-23-17)11-16(22)19-9-4-10-21(2)15-7-5-13(18)6-8-15/h5-8,12H,3-4,9-11H2,1-2H3,(H,19,22). The summed E-state index contributed by atoms with van der Waals surface area (Å²) in [6.45, 7) is 3.47. The lowest BCUT2D eigenvalue weighted by atomic mass is 10.2. The molecule has 0 bridgehead atoms. The van der Waals surface area contributed by atoms with Crippen molar-refractivity contribution < 1.29 is 9.18 Å². The summed E-state index contributed by atoms with van der Waals surface area (Å²) in [5.41, 5.74) is 1.81. The molecule has 0 saturated heterocycles. The summed E-state index contributed by atoms with van der Waals surface area (Å²) in [6, 6.07) is 6.40. The zero-order valence-electron chi connectivity index (χ0n) is 13.5.